The number of carbonyl (C=O) groups excluding carboxylic acids is 2. The maximum Gasteiger partial charge on any atom is 0.245 e. The predicted octanol–water partition coefficient (Wildman–Crippen LogP) is 0.0554. The van der Waals surface area contributed by atoms with E-state index in [0.717, 1.165) is 12.8 Å². The van der Waals surface area contributed by atoms with E-state index in [2.05, 4.69) is 10.6 Å². The molecule has 2 amide bonds. The van der Waals surface area contributed by atoms with Gasteiger partial charge < -0.3 is 15.4 Å². The van der Waals surface area contributed by atoms with Crippen LogP contribution in [0.15, 0.2) is 0 Å². The molecule has 0 saturated carbocycles. The van der Waals surface area contributed by atoms with Gasteiger partial charge in [0.1, 0.15) is 6.61 Å². The fraction of sp³-hybridized carbons (Fsp3) is 0.800. The molecular weight excluding hydrogens is 196 g/mol. The van der Waals surface area contributed by atoms with Crippen molar-refractivity contribution in [3.8, 4) is 0 Å². The number of ether oxygens (including phenoxy) is 1. The number of unbranched alkanes of at least 4 members (excludes halogenated alkanes) is 1. The largest absolute Gasteiger partial charge is 0.372 e. The van der Waals surface area contributed by atoms with Crippen molar-refractivity contribution in [2.45, 2.75) is 26.7 Å². The van der Waals surface area contributed by atoms with Crippen LogP contribution in [-0.4, -0.2) is 38.1 Å². The quantitative estimate of drug-likeness (QED) is 0.564. The third-order valence-corrected chi connectivity index (χ3v) is 1.74. The van der Waals surface area contributed by atoms with Gasteiger partial charge in [0.25, 0.3) is 0 Å². The van der Waals surface area contributed by atoms with E-state index in [0.29, 0.717) is 19.7 Å². The summed E-state index contributed by atoms with van der Waals surface area (Å²) in [6, 6.07) is 0. The highest BCUT2D eigenvalue weighted by atomic mass is 16.5. The molecule has 0 rings (SSSR count). The SMILES string of the molecule is CCOCC(=O)NCCCCNC(C)=O. The molecule has 0 bridgehead atoms. The molecular formula is C10H20N2O3. The second kappa shape index (κ2) is 9.45. The second-order valence-corrected chi connectivity index (χ2v) is 3.18. The minimum Gasteiger partial charge on any atom is -0.372 e. The Kier molecular flexibility index (Phi) is 8.76. The van der Waals surface area contributed by atoms with E-state index >= 15 is 0 Å². The molecule has 0 spiro atoms. The molecule has 5 nitrogen and oxygen atoms in total. The lowest BCUT2D eigenvalue weighted by atomic mass is 10.3. The maximum atomic E-state index is 11.0. The Balaban J connectivity index is 3.16. The van der Waals surface area contributed by atoms with E-state index in [-0.39, 0.29) is 18.4 Å². The topological polar surface area (TPSA) is 67.4 Å². The molecule has 0 radical (unpaired) electrons. The van der Waals surface area contributed by atoms with E-state index < -0.39 is 0 Å². The van der Waals surface area contributed by atoms with Crippen LogP contribution in [0.3, 0.4) is 0 Å². The minimum absolute atomic E-state index is 0.0182. The first-order valence-electron chi connectivity index (χ1n) is 5.25. The summed E-state index contributed by atoms with van der Waals surface area (Å²) in [6.45, 7) is 5.31. The summed E-state index contributed by atoms with van der Waals surface area (Å²) in [7, 11) is 0. The van der Waals surface area contributed by atoms with Crippen molar-refractivity contribution in [2.24, 2.45) is 0 Å². The average molecular weight is 216 g/mol. The van der Waals surface area contributed by atoms with Crippen molar-refractivity contribution in [3.63, 3.8) is 0 Å². The van der Waals surface area contributed by atoms with E-state index in [1.54, 1.807) is 0 Å². The third-order valence-electron chi connectivity index (χ3n) is 1.74. The molecule has 0 aromatic heterocycles. The standard InChI is InChI=1S/C10H20N2O3/c1-3-15-8-10(14)12-7-5-4-6-11-9(2)13/h3-8H2,1-2H3,(H,11,13)(H,12,14). The summed E-state index contributed by atoms with van der Waals surface area (Å²) in [5, 5.41) is 5.42. The minimum atomic E-state index is -0.0867. The van der Waals surface area contributed by atoms with Gasteiger partial charge in [-0.05, 0) is 19.8 Å². The van der Waals surface area contributed by atoms with Gasteiger partial charge in [-0.25, -0.2) is 0 Å². The van der Waals surface area contributed by atoms with E-state index in [4.69, 9.17) is 4.74 Å². The van der Waals surface area contributed by atoms with Gasteiger partial charge in [-0.15, -0.1) is 0 Å². The first-order chi connectivity index (χ1) is 7.16. The van der Waals surface area contributed by atoms with Crippen molar-refractivity contribution in [2.75, 3.05) is 26.3 Å². The second-order valence-electron chi connectivity index (χ2n) is 3.18. The fourth-order valence-electron chi connectivity index (χ4n) is 0.988. The molecule has 0 atom stereocenters. The number of hydrogen-bond donors (Lipinski definition) is 2. The highest BCUT2D eigenvalue weighted by Gasteiger charge is 1.98. The molecule has 88 valence electrons. The zero-order valence-electron chi connectivity index (χ0n) is 9.47. The summed E-state index contributed by atoms with van der Waals surface area (Å²) < 4.78 is 4.94. The number of rotatable bonds is 8. The van der Waals surface area contributed by atoms with Crippen molar-refractivity contribution >= 4 is 11.8 Å². The van der Waals surface area contributed by atoms with Gasteiger partial charge in [0.2, 0.25) is 11.8 Å². The Morgan fingerprint density at radius 2 is 1.73 bits per heavy atom. The Bertz CT molecular complexity index is 195. The van der Waals surface area contributed by atoms with Crippen molar-refractivity contribution in [1.82, 2.24) is 10.6 Å². The molecule has 0 unspecified atom stereocenters. The van der Waals surface area contributed by atoms with Crippen LogP contribution in [0.25, 0.3) is 0 Å². The van der Waals surface area contributed by atoms with E-state index in [1.807, 2.05) is 6.92 Å². The summed E-state index contributed by atoms with van der Waals surface area (Å²) >= 11 is 0. The average Bonchev–Trinajstić information content (AvgIpc) is 2.19. The van der Waals surface area contributed by atoms with Gasteiger partial charge in [-0.3, -0.25) is 9.59 Å². The van der Waals surface area contributed by atoms with Gasteiger partial charge in [0, 0.05) is 26.6 Å². The molecule has 0 aromatic rings. The molecule has 0 aliphatic heterocycles. The first-order valence-corrected chi connectivity index (χ1v) is 5.25. The number of hydrogen-bond acceptors (Lipinski definition) is 3. The Hall–Kier alpha value is -1.10. The zero-order valence-corrected chi connectivity index (χ0v) is 9.47. The van der Waals surface area contributed by atoms with Crippen LogP contribution >= 0.6 is 0 Å². The van der Waals surface area contributed by atoms with Crippen molar-refractivity contribution < 1.29 is 14.3 Å². The van der Waals surface area contributed by atoms with Crippen LogP contribution < -0.4 is 10.6 Å². The molecule has 0 fully saturated rings. The Labute approximate surface area is 90.6 Å². The molecule has 2 N–H and O–H groups in total. The smallest absolute Gasteiger partial charge is 0.245 e. The number of amides is 2. The van der Waals surface area contributed by atoms with Crippen LogP contribution in [-0.2, 0) is 14.3 Å². The summed E-state index contributed by atoms with van der Waals surface area (Å²) in [5.74, 6) is -0.105. The normalized spacial score (nSPS) is 9.73. The molecule has 0 heterocycles. The molecule has 0 saturated heterocycles. The van der Waals surface area contributed by atoms with Crippen LogP contribution in [0.2, 0.25) is 0 Å². The number of nitrogens with one attached hydrogen (secondary N) is 2. The first kappa shape index (κ1) is 13.9. The van der Waals surface area contributed by atoms with Crippen LogP contribution in [0, 0.1) is 0 Å². The Morgan fingerprint density at radius 3 is 2.27 bits per heavy atom. The van der Waals surface area contributed by atoms with E-state index in [9.17, 15) is 9.59 Å². The molecule has 15 heavy (non-hydrogen) atoms. The lowest BCUT2D eigenvalue weighted by Gasteiger charge is -2.05. The summed E-state index contributed by atoms with van der Waals surface area (Å²) in [4.78, 5) is 21.5. The third kappa shape index (κ3) is 10.8. The van der Waals surface area contributed by atoms with Gasteiger partial charge in [0.15, 0.2) is 0 Å². The van der Waals surface area contributed by atoms with Gasteiger partial charge in [0.05, 0.1) is 0 Å². The van der Waals surface area contributed by atoms with Gasteiger partial charge in [-0.1, -0.05) is 0 Å². The molecule has 0 aliphatic carbocycles. The summed E-state index contributed by atoms with van der Waals surface area (Å²) in [6.07, 6.45) is 1.73. The fourth-order valence-corrected chi connectivity index (χ4v) is 0.988. The highest BCUT2D eigenvalue weighted by Crippen LogP contribution is 1.85. The van der Waals surface area contributed by atoms with Gasteiger partial charge in [-0.2, -0.15) is 0 Å². The van der Waals surface area contributed by atoms with Crippen molar-refractivity contribution in [1.29, 1.82) is 0 Å². The lowest BCUT2D eigenvalue weighted by Crippen LogP contribution is -2.29. The predicted molar refractivity (Wildman–Crippen MR) is 57.4 cm³/mol. The lowest BCUT2D eigenvalue weighted by molar-refractivity contribution is -0.125. The van der Waals surface area contributed by atoms with Crippen LogP contribution in [0.5, 0.6) is 0 Å². The Morgan fingerprint density at radius 1 is 1.13 bits per heavy atom. The molecule has 5 heteroatoms. The van der Waals surface area contributed by atoms with Crippen LogP contribution in [0.1, 0.15) is 26.7 Å². The van der Waals surface area contributed by atoms with Crippen molar-refractivity contribution in [3.05, 3.63) is 0 Å². The van der Waals surface area contributed by atoms with Gasteiger partial charge >= 0.3 is 0 Å². The van der Waals surface area contributed by atoms with Crippen LogP contribution in [0.4, 0.5) is 0 Å². The zero-order chi connectivity index (χ0) is 11.5. The molecule has 0 aliphatic rings. The molecule has 0 aromatic carbocycles. The number of carbonyl (C=O) groups is 2. The summed E-state index contributed by atoms with van der Waals surface area (Å²) in [5.41, 5.74) is 0. The monoisotopic (exact) mass is 216 g/mol. The maximum absolute atomic E-state index is 11.0. The highest BCUT2D eigenvalue weighted by molar-refractivity contribution is 5.77. The van der Waals surface area contributed by atoms with E-state index in [1.165, 1.54) is 6.92 Å².